The summed E-state index contributed by atoms with van der Waals surface area (Å²) in [6.45, 7) is 1.58. The quantitative estimate of drug-likeness (QED) is 0.886. The van der Waals surface area contributed by atoms with E-state index in [0.29, 0.717) is 17.0 Å². The number of sulfonamides is 1. The fraction of sp³-hybridized carbons (Fsp3) is 0.222. The van der Waals surface area contributed by atoms with Crippen molar-refractivity contribution >= 4 is 33.2 Å². The van der Waals surface area contributed by atoms with E-state index in [4.69, 9.17) is 4.74 Å². The molecular formula is C18H18N2O5S. The van der Waals surface area contributed by atoms with Gasteiger partial charge < -0.3 is 10.1 Å². The highest BCUT2D eigenvalue weighted by Gasteiger charge is 2.41. The van der Waals surface area contributed by atoms with E-state index < -0.39 is 21.8 Å². The van der Waals surface area contributed by atoms with Crippen LogP contribution in [0.1, 0.15) is 17.3 Å². The molecule has 136 valence electrons. The van der Waals surface area contributed by atoms with Gasteiger partial charge in [0.25, 0.3) is 5.91 Å². The standard InChI is InChI=1S/C18H18N2O5S/c1-12-11-26(23,24)20(18(12)22)14-9-7-13(8-10-14)17(21)19-15-5-3-4-6-16(15)25-2/h3-10,12H,11H2,1-2H3,(H,19,21)/t12-/m1/s1. The first kappa shape index (κ1) is 17.9. The van der Waals surface area contributed by atoms with E-state index in [1.807, 2.05) is 0 Å². The Kier molecular flexibility index (Phi) is 4.69. The van der Waals surface area contributed by atoms with Crippen LogP contribution in [0.3, 0.4) is 0 Å². The first-order chi connectivity index (χ1) is 12.3. The number of carbonyl (C=O) groups excluding carboxylic acids is 2. The predicted molar refractivity (Wildman–Crippen MR) is 97.8 cm³/mol. The maximum absolute atomic E-state index is 12.4. The number of hydrogen-bond donors (Lipinski definition) is 1. The third kappa shape index (κ3) is 3.28. The number of amides is 2. The number of nitrogens with zero attached hydrogens (tertiary/aromatic N) is 1. The summed E-state index contributed by atoms with van der Waals surface area (Å²) in [5.41, 5.74) is 1.08. The van der Waals surface area contributed by atoms with Crippen molar-refractivity contribution in [1.82, 2.24) is 0 Å². The Bertz CT molecular complexity index is 954. The molecule has 2 aromatic rings. The number of ether oxygens (including phenoxy) is 1. The lowest BCUT2D eigenvalue weighted by Crippen LogP contribution is -2.30. The van der Waals surface area contributed by atoms with Crippen molar-refractivity contribution in [1.29, 1.82) is 0 Å². The van der Waals surface area contributed by atoms with Gasteiger partial charge in [-0.2, -0.15) is 0 Å². The Balaban J connectivity index is 1.82. The summed E-state index contributed by atoms with van der Waals surface area (Å²) in [6.07, 6.45) is 0. The number of para-hydroxylation sites is 2. The second-order valence-electron chi connectivity index (χ2n) is 5.98. The number of anilines is 2. The van der Waals surface area contributed by atoms with E-state index >= 15 is 0 Å². The van der Waals surface area contributed by atoms with Crippen molar-refractivity contribution in [3.05, 3.63) is 54.1 Å². The van der Waals surface area contributed by atoms with Crippen molar-refractivity contribution in [2.45, 2.75) is 6.92 Å². The molecular weight excluding hydrogens is 356 g/mol. The summed E-state index contributed by atoms with van der Waals surface area (Å²) in [6, 6.07) is 12.8. The van der Waals surface area contributed by atoms with E-state index in [1.54, 1.807) is 31.2 Å². The minimum absolute atomic E-state index is 0.206. The molecule has 1 N–H and O–H groups in total. The van der Waals surface area contributed by atoms with Crippen LogP contribution in [-0.2, 0) is 14.8 Å². The Hall–Kier alpha value is -2.87. The molecule has 0 radical (unpaired) electrons. The van der Waals surface area contributed by atoms with E-state index in [9.17, 15) is 18.0 Å². The normalized spacial score (nSPS) is 18.6. The Labute approximate surface area is 151 Å². The Morgan fingerprint density at radius 3 is 2.38 bits per heavy atom. The molecule has 0 aromatic heterocycles. The molecule has 7 nitrogen and oxygen atoms in total. The molecule has 2 amide bonds. The molecule has 1 heterocycles. The van der Waals surface area contributed by atoms with Gasteiger partial charge in [-0.25, -0.2) is 12.7 Å². The molecule has 26 heavy (non-hydrogen) atoms. The molecule has 0 spiro atoms. The van der Waals surface area contributed by atoms with Crippen LogP contribution >= 0.6 is 0 Å². The lowest BCUT2D eigenvalue weighted by molar-refractivity contribution is -0.119. The average Bonchev–Trinajstić information content (AvgIpc) is 2.82. The van der Waals surface area contributed by atoms with Crippen molar-refractivity contribution in [3.63, 3.8) is 0 Å². The van der Waals surface area contributed by atoms with Gasteiger partial charge in [-0.3, -0.25) is 9.59 Å². The largest absolute Gasteiger partial charge is 0.495 e. The van der Waals surface area contributed by atoms with Crippen molar-refractivity contribution < 1.29 is 22.7 Å². The molecule has 1 aliphatic rings. The van der Waals surface area contributed by atoms with Gasteiger partial charge >= 0.3 is 0 Å². The second-order valence-corrected chi connectivity index (χ2v) is 7.85. The highest BCUT2D eigenvalue weighted by atomic mass is 32.2. The van der Waals surface area contributed by atoms with Crippen LogP contribution in [0, 0.1) is 5.92 Å². The summed E-state index contributed by atoms with van der Waals surface area (Å²) in [7, 11) is -2.15. The van der Waals surface area contributed by atoms with Gasteiger partial charge in [0.05, 0.1) is 30.2 Å². The fourth-order valence-corrected chi connectivity index (χ4v) is 4.60. The highest BCUT2D eigenvalue weighted by Crippen LogP contribution is 2.29. The molecule has 1 aliphatic heterocycles. The number of hydrogen-bond acceptors (Lipinski definition) is 5. The highest BCUT2D eigenvalue weighted by molar-refractivity contribution is 7.94. The maximum atomic E-state index is 12.4. The monoisotopic (exact) mass is 374 g/mol. The SMILES string of the molecule is COc1ccccc1NC(=O)c1ccc(N2C(=O)[C@H](C)CS2(=O)=O)cc1. The minimum atomic E-state index is -3.66. The van der Waals surface area contributed by atoms with E-state index in [-0.39, 0.29) is 17.3 Å². The van der Waals surface area contributed by atoms with Crippen LogP contribution in [-0.4, -0.2) is 33.1 Å². The van der Waals surface area contributed by atoms with Crippen LogP contribution in [0.2, 0.25) is 0 Å². The van der Waals surface area contributed by atoms with Gasteiger partial charge in [-0.1, -0.05) is 19.1 Å². The summed E-state index contributed by atoms with van der Waals surface area (Å²) in [4.78, 5) is 24.5. The Morgan fingerprint density at radius 2 is 1.81 bits per heavy atom. The van der Waals surface area contributed by atoms with Gasteiger partial charge in [0.1, 0.15) is 5.75 Å². The molecule has 0 saturated carbocycles. The third-order valence-corrected chi connectivity index (χ3v) is 5.95. The number of nitrogens with one attached hydrogen (secondary N) is 1. The molecule has 0 bridgehead atoms. The summed E-state index contributed by atoms with van der Waals surface area (Å²) in [5, 5.41) is 2.74. The Morgan fingerprint density at radius 1 is 1.15 bits per heavy atom. The van der Waals surface area contributed by atoms with E-state index in [0.717, 1.165) is 4.31 Å². The average molecular weight is 374 g/mol. The van der Waals surface area contributed by atoms with Gasteiger partial charge in [-0.05, 0) is 36.4 Å². The molecule has 1 saturated heterocycles. The molecule has 3 rings (SSSR count). The van der Waals surface area contributed by atoms with E-state index in [1.165, 1.54) is 31.4 Å². The van der Waals surface area contributed by atoms with Crippen molar-refractivity contribution in [3.8, 4) is 5.75 Å². The molecule has 1 atom stereocenters. The fourth-order valence-electron chi connectivity index (χ4n) is 2.78. The predicted octanol–water partition coefficient (Wildman–Crippen LogP) is 2.26. The lowest BCUT2D eigenvalue weighted by Gasteiger charge is -2.15. The summed E-state index contributed by atoms with van der Waals surface area (Å²) in [5.74, 6) is -1.09. The molecule has 0 aliphatic carbocycles. The van der Waals surface area contributed by atoms with Gasteiger partial charge in [0.2, 0.25) is 15.9 Å². The van der Waals surface area contributed by atoms with Gasteiger partial charge in [0, 0.05) is 5.56 Å². The van der Waals surface area contributed by atoms with Crippen LogP contribution in [0.25, 0.3) is 0 Å². The van der Waals surface area contributed by atoms with Crippen molar-refractivity contribution in [2.75, 3.05) is 22.5 Å². The summed E-state index contributed by atoms with van der Waals surface area (Å²) >= 11 is 0. The van der Waals surface area contributed by atoms with Gasteiger partial charge in [0.15, 0.2) is 0 Å². The van der Waals surface area contributed by atoms with Crippen LogP contribution < -0.4 is 14.4 Å². The second kappa shape index (κ2) is 6.80. The van der Waals surface area contributed by atoms with Crippen LogP contribution in [0.5, 0.6) is 5.75 Å². The maximum Gasteiger partial charge on any atom is 0.255 e. The summed E-state index contributed by atoms with van der Waals surface area (Å²) < 4.78 is 30.2. The van der Waals surface area contributed by atoms with E-state index in [2.05, 4.69) is 5.32 Å². The first-order valence-corrected chi connectivity index (χ1v) is 9.55. The first-order valence-electron chi connectivity index (χ1n) is 7.95. The van der Waals surface area contributed by atoms with Crippen LogP contribution in [0.15, 0.2) is 48.5 Å². The molecule has 1 fully saturated rings. The van der Waals surface area contributed by atoms with Crippen LogP contribution in [0.4, 0.5) is 11.4 Å². The minimum Gasteiger partial charge on any atom is -0.495 e. The molecule has 8 heteroatoms. The smallest absolute Gasteiger partial charge is 0.255 e. The third-order valence-electron chi connectivity index (χ3n) is 4.08. The number of rotatable bonds is 4. The van der Waals surface area contributed by atoms with Crippen molar-refractivity contribution in [2.24, 2.45) is 5.92 Å². The number of benzene rings is 2. The topological polar surface area (TPSA) is 92.8 Å². The zero-order valence-electron chi connectivity index (χ0n) is 14.3. The zero-order chi connectivity index (χ0) is 18.9. The molecule has 2 aromatic carbocycles. The van der Waals surface area contributed by atoms with Gasteiger partial charge in [-0.15, -0.1) is 0 Å². The lowest BCUT2D eigenvalue weighted by atomic mass is 10.1. The zero-order valence-corrected chi connectivity index (χ0v) is 15.1. The number of methoxy groups -OCH3 is 1. The number of carbonyl (C=O) groups is 2. The molecule has 0 unspecified atom stereocenters.